The summed E-state index contributed by atoms with van der Waals surface area (Å²) in [6, 6.07) is 3.64. The molecule has 1 aromatic rings. The molecule has 0 aliphatic heterocycles. The summed E-state index contributed by atoms with van der Waals surface area (Å²) < 4.78 is 5.61. The van der Waals surface area contributed by atoms with Crippen LogP contribution in [-0.4, -0.2) is 18.7 Å². The van der Waals surface area contributed by atoms with Crippen LogP contribution >= 0.6 is 12.2 Å². The number of pyridine rings is 1. The van der Waals surface area contributed by atoms with Gasteiger partial charge in [-0.25, -0.2) is 0 Å². The van der Waals surface area contributed by atoms with Crippen molar-refractivity contribution in [3.05, 3.63) is 28.5 Å². The third kappa shape index (κ3) is 2.14. The summed E-state index contributed by atoms with van der Waals surface area (Å²) in [6.45, 7) is 0.488. The number of hydrogen-bond acceptors (Lipinski definition) is 3. The fourth-order valence-corrected chi connectivity index (χ4v) is 1.28. The number of nitrogens with one attached hydrogen (secondary N) is 1. The van der Waals surface area contributed by atoms with E-state index < -0.39 is 0 Å². The maximum absolute atomic E-state index is 5.79. The summed E-state index contributed by atoms with van der Waals surface area (Å²) in [6.07, 6.45) is 1.78. The van der Waals surface area contributed by atoms with Crippen LogP contribution in [0, 0.1) is 4.64 Å². The van der Waals surface area contributed by atoms with E-state index in [-0.39, 0.29) is 6.04 Å². The van der Waals surface area contributed by atoms with Crippen molar-refractivity contribution < 1.29 is 4.74 Å². The molecular weight excluding hydrogens is 172 g/mol. The summed E-state index contributed by atoms with van der Waals surface area (Å²) in [5.41, 5.74) is 6.72. The Balaban J connectivity index is 2.87. The maximum atomic E-state index is 5.79. The first-order valence-electron chi connectivity index (χ1n) is 3.68. The third-order valence-corrected chi connectivity index (χ3v) is 1.95. The lowest BCUT2D eigenvalue weighted by atomic mass is 10.1. The van der Waals surface area contributed by atoms with Crippen LogP contribution in [0.15, 0.2) is 18.3 Å². The normalized spacial score (nSPS) is 12.8. The van der Waals surface area contributed by atoms with Gasteiger partial charge in [0.1, 0.15) is 4.64 Å². The van der Waals surface area contributed by atoms with Gasteiger partial charge in [0.15, 0.2) is 0 Å². The molecule has 0 unspecified atom stereocenters. The van der Waals surface area contributed by atoms with Crippen molar-refractivity contribution in [3.8, 4) is 0 Å². The second-order valence-electron chi connectivity index (χ2n) is 2.52. The van der Waals surface area contributed by atoms with E-state index in [0.717, 1.165) is 5.56 Å². The molecule has 66 valence electrons. The Kier molecular flexibility index (Phi) is 3.40. The van der Waals surface area contributed by atoms with Crippen LogP contribution in [0.4, 0.5) is 0 Å². The van der Waals surface area contributed by atoms with Crippen LogP contribution in [0.25, 0.3) is 0 Å². The fourth-order valence-electron chi connectivity index (χ4n) is 0.996. The van der Waals surface area contributed by atoms with Crippen molar-refractivity contribution in [2.45, 2.75) is 6.04 Å². The highest BCUT2D eigenvalue weighted by atomic mass is 32.1. The largest absolute Gasteiger partial charge is 0.383 e. The van der Waals surface area contributed by atoms with Gasteiger partial charge in [-0.3, -0.25) is 0 Å². The second kappa shape index (κ2) is 4.35. The molecule has 0 aliphatic rings. The third-order valence-electron chi connectivity index (χ3n) is 1.59. The van der Waals surface area contributed by atoms with E-state index in [0.29, 0.717) is 11.2 Å². The van der Waals surface area contributed by atoms with Crippen molar-refractivity contribution in [2.75, 3.05) is 13.7 Å². The molecule has 0 spiro atoms. The monoisotopic (exact) mass is 184 g/mol. The molecule has 0 bridgehead atoms. The standard InChI is InChI=1S/C8H12N2OS/c1-11-5-7(9)6-3-2-4-10-8(6)12/h2-4,7H,5,9H2,1H3,(H,10,12)/t7-/m0/s1. The van der Waals surface area contributed by atoms with Gasteiger partial charge in [-0.2, -0.15) is 0 Å². The van der Waals surface area contributed by atoms with E-state index >= 15 is 0 Å². The molecule has 3 N–H and O–H groups in total. The molecule has 1 rings (SSSR count). The zero-order valence-electron chi connectivity index (χ0n) is 6.91. The van der Waals surface area contributed by atoms with E-state index in [2.05, 4.69) is 4.98 Å². The molecule has 0 aromatic carbocycles. The van der Waals surface area contributed by atoms with Gasteiger partial charge < -0.3 is 15.5 Å². The molecule has 12 heavy (non-hydrogen) atoms. The van der Waals surface area contributed by atoms with Gasteiger partial charge in [-0.1, -0.05) is 18.3 Å². The lowest BCUT2D eigenvalue weighted by Gasteiger charge is -2.09. The molecule has 0 fully saturated rings. The van der Waals surface area contributed by atoms with Gasteiger partial charge in [0, 0.05) is 18.9 Å². The molecule has 0 radical (unpaired) electrons. The summed E-state index contributed by atoms with van der Waals surface area (Å²) >= 11 is 5.05. The smallest absolute Gasteiger partial charge is 0.108 e. The Morgan fingerprint density at radius 2 is 2.50 bits per heavy atom. The van der Waals surface area contributed by atoms with Gasteiger partial charge in [0.2, 0.25) is 0 Å². The minimum atomic E-state index is -0.139. The maximum Gasteiger partial charge on any atom is 0.108 e. The molecule has 1 aromatic heterocycles. The number of hydrogen-bond donors (Lipinski definition) is 2. The van der Waals surface area contributed by atoms with Crippen molar-refractivity contribution >= 4 is 12.2 Å². The minimum absolute atomic E-state index is 0.139. The molecular formula is C8H12N2OS. The van der Waals surface area contributed by atoms with Crippen molar-refractivity contribution in [1.82, 2.24) is 4.98 Å². The van der Waals surface area contributed by atoms with E-state index in [1.807, 2.05) is 12.1 Å². The Bertz CT molecular complexity index is 297. The first-order valence-corrected chi connectivity index (χ1v) is 4.08. The zero-order valence-corrected chi connectivity index (χ0v) is 7.73. The van der Waals surface area contributed by atoms with Crippen LogP contribution in [-0.2, 0) is 4.74 Å². The highest BCUT2D eigenvalue weighted by molar-refractivity contribution is 7.71. The molecule has 4 heteroatoms. The predicted molar refractivity (Wildman–Crippen MR) is 50.4 cm³/mol. The van der Waals surface area contributed by atoms with Crippen molar-refractivity contribution in [2.24, 2.45) is 5.73 Å². The van der Waals surface area contributed by atoms with Gasteiger partial charge in [0.05, 0.1) is 12.6 Å². The molecule has 1 atom stereocenters. The lowest BCUT2D eigenvalue weighted by molar-refractivity contribution is 0.180. The van der Waals surface area contributed by atoms with Gasteiger partial charge >= 0.3 is 0 Å². The summed E-state index contributed by atoms with van der Waals surface area (Å²) in [5.74, 6) is 0. The van der Waals surface area contributed by atoms with Crippen molar-refractivity contribution in [3.63, 3.8) is 0 Å². The van der Waals surface area contributed by atoms with E-state index in [9.17, 15) is 0 Å². The summed E-state index contributed by atoms with van der Waals surface area (Å²) in [5, 5.41) is 0. The van der Waals surface area contributed by atoms with E-state index in [1.165, 1.54) is 0 Å². The lowest BCUT2D eigenvalue weighted by Crippen LogP contribution is -2.16. The predicted octanol–water partition coefficient (Wildman–Crippen LogP) is 1.39. The molecule has 0 saturated carbocycles. The van der Waals surface area contributed by atoms with Gasteiger partial charge in [0.25, 0.3) is 0 Å². The van der Waals surface area contributed by atoms with E-state index in [4.69, 9.17) is 22.7 Å². The van der Waals surface area contributed by atoms with Gasteiger partial charge in [-0.15, -0.1) is 0 Å². The Morgan fingerprint density at radius 1 is 1.75 bits per heavy atom. The number of nitrogens with two attached hydrogens (primary N) is 1. The molecule has 0 amide bonds. The average Bonchev–Trinajstić information content (AvgIpc) is 2.05. The van der Waals surface area contributed by atoms with Crippen LogP contribution in [0.1, 0.15) is 11.6 Å². The Labute approximate surface area is 76.6 Å². The summed E-state index contributed by atoms with van der Waals surface area (Å²) in [4.78, 5) is 2.92. The molecule has 1 heterocycles. The zero-order chi connectivity index (χ0) is 8.97. The number of ether oxygens (including phenoxy) is 1. The van der Waals surface area contributed by atoms with Crippen LogP contribution in [0.5, 0.6) is 0 Å². The first-order chi connectivity index (χ1) is 5.75. The average molecular weight is 184 g/mol. The number of aromatic amines is 1. The Hall–Kier alpha value is -0.710. The quantitative estimate of drug-likeness (QED) is 0.698. The second-order valence-corrected chi connectivity index (χ2v) is 2.92. The highest BCUT2D eigenvalue weighted by Gasteiger charge is 2.05. The summed E-state index contributed by atoms with van der Waals surface area (Å²) in [7, 11) is 1.62. The fraction of sp³-hybridized carbons (Fsp3) is 0.375. The van der Waals surface area contributed by atoms with E-state index in [1.54, 1.807) is 13.3 Å². The Morgan fingerprint density at radius 3 is 3.08 bits per heavy atom. The molecule has 0 aliphatic carbocycles. The van der Waals surface area contributed by atoms with Crippen molar-refractivity contribution in [1.29, 1.82) is 0 Å². The minimum Gasteiger partial charge on any atom is -0.383 e. The first kappa shape index (κ1) is 9.38. The van der Waals surface area contributed by atoms with Crippen LogP contribution in [0.2, 0.25) is 0 Å². The van der Waals surface area contributed by atoms with Gasteiger partial charge in [-0.05, 0) is 6.07 Å². The number of aromatic nitrogens is 1. The molecule has 0 saturated heterocycles. The van der Waals surface area contributed by atoms with Crippen LogP contribution in [0.3, 0.4) is 0 Å². The highest BCUT2D eigenvalue weighted by Crippen LogP contribution is 2.09. The molecule has 3 nitrogen and oxygen atoms in total. The van der Waals surface area contributed by atoms with Crippen LogP contribution < -0.4 is 5.73 Å². The SMILES string of the molecule is COC[C@H](N)c1ccc[nH]c1=S. The number of H-pyrrole nitrogens is 1. The number of methoxy groups -OCH3 is 1. The number of rotatable bonds is 3. The topological polar surface area (TPSA) is 51.0 Å².